The van der Waals surface area contributed by atoms with Crippen molar-refractivity contribution < 1.29 is 9.69 Å². The molecule has 0 radical (unpaired) electrons. The van der Waals surface area contributed by atoms with Crippen molar-refractivity contribution in [2.24, 2.45) is 0 Å². The molecule has 3 aromatic rings. The maximum absolute atomic E-state index is 13.5. The molecule has 0 aliphatic rings. The molecule has 6 heteroatoms. The zero-order chi connectivity index (χ0) is 19.4. The Balaban J connectivity index is 2.00. The molecular weight excluding hydrogens is 374 g/mol. The average Bonchev–Trinajstić information content (AvgIpc) is 3.05. The number of rotatable bonds is 7. The fourth-order valence-corrected chi connectivity index (χ4v) is 4.71. The van der Waals surface area contributed by atoms with E-state index < -0.39 is 0 Å². The van der Waals surface area contributed by atoms with Gasteiger partial charge in [0.1, 0.15) is 0 Å². The number of aromatic nitrogens is 1. The molecule has 2 aromatic carbocycles. The predicted octanol–water partition coefficient (Wildman–Crippen LogP) is 3.51. The summed E-state index contributed by atoms with van der Waals surface area (Å²) in [5, 5.41) is 0.776. The molecule has 142 valence electrons. The molecule has 0 saturated heterocycles. The molecule has 0 saturated carbocycles. The maximum Gasteiger partial charge on any atom is 0.261 e. The quantitative estimate of drug-likeness (QED) is 0.617. The molecule has 0 spiro atoms. The summed E-state index contributed by atoms with van der Waals surface area (Å²) < 4.78 is 1.12. The maximum atomic E-state index is 13.5. The SMILES string of the molecule is CCSc1ccccc1C(=O)N(CC[NH+](C)C)c1nc2ccc(C)cc2s1. The van der Waals surface area contributed by atoms with Crippen LogP contribution in [0.5, 0.6) is 0 Å². The fourth-order valence-electron chi connectivity index (χ4n) is 2.82. The fraction of sp³-hybridized carbons (Fsp3) is 0.333. The van der Waals surface area contributed by atoms with Crippen LogP contribution in [0.3, 0.4) is 0 Å². The number of carbonyl (C=O) groups is 1. The van der Waals surface area contributed by atoms with Crippen molar-refractivity contribution in [3.05, 3.63) is 53.6 Å². The van der Waals surface area contributed by atoms with Gasteiger partial charge in [0.15, 0.2) is 5.13 Å². The molecular formula is C21H26N3OS2+. The van der Waals surface area contributed by atoms with Crippen LogP contribution in [-0.2, 0) is 0 Å². The summed E-state index contributed by atoms with van der Waals surface area (Å²) in [5.41, 5.74) is 2.92. The monoisotopic (exact) mass is 400 g/mol. The van der Waals surface area contributed by atoms with E-state index in [1.165, 1.54) is 10.5 Å². The standard InChI is InChI=1S/C21H25N3OS2/c1-5-26-18-9-7-6-8-16(18)20(25)24(13-12-23(3)4)21-22-17-11-10-15(2)14-19(17)27-21/h6-11,14H,5,12-13H2,1-4H3/p+1. The molecule has 1 N–H and O–H groups in total. The molecule has 0 atom stereocenters. The van der Waals surface area contributed by atoms with Crippen molar-refractivity contribution in [1.82, 2.24) is 4.98 Å². The summed E-state index contributed by atoms with van der Waals surface area (Å²) in [6.45, 7) is 5.69. The molecule has 0 aliphatic carbocycles. The van der Waals surface area contributed by atoms with E-state index in [4.69, 9.17) is 4.98 Å². The van der Waals surface area contributed by atoms with Gasteiger partial charge in [-0.15, -0.1) is 11.8 Å². The van der Waals surface area contributed by atoms with E-state index in [1.807, 2.05) is 35.2 Å². The third kappa shape index (κ3) is 4.69. The van der Waals surface area contributed by atoms with Crippen LogP contribution < -0.4 is 9.80 Å². The van der Waals surface area contributed by atoms with Gasteiger partial charge in [-0.3, -0.25) is 9.69 Å². The lowest BCUT2D eigenvalue weighted by atomic mass is 10.2. The lowest BCUT2D eigenvalue weighted by molar-refractivity contribution is -0.856. The van der Waals surface area contributed by atoms with Gasteiger partial charge in [0.25, 0.3) is 5.91 Å². The van der Waals surface area contributed by atoms with Gasteiger partial charge in [-0.25, -0.2) is 4.98 Å². The zero-order valence-electron chi connectivity index (χ0n) is 16.3. The Morgan fingerprint density at radius 1 is 1.22 bits per heavy atom. The van der Waals surface area contributed by atoms with Crippen LogP contribution in [0.15, 0.2) is 47.4 Å². The topological polar surface area (TPSA) is 37.6 Å². The first kappa shape index (κ1) is 19.9. The second-order valence-corrected chi connectivity index (χ2v) is 9.13. The van der Waals surface area contributed by atoms with E-state index in [0.29, 0.717) is 6.54 Å². The molecule has 0 unspecified atom stereocenters. The first-order valence-electron chi connectivity index (χ1n) is 9.19. The highest BCUT2D eigenvalue weighted by Crippen LogP contribution is 2.31. The summed E-state index contributed by atoms with van der Waals surface area (Å²) >= 11 is 3.30. The number of aryl methyl sites for hydroxylation is 1. The van der Waals surface area contributed by atoms with E-state index in [9.17, 15) is 4.79 Å². The molecule has 1 heterocycles. The van der Waals surface area contributed by atoms with Crippen molar-refractivity contribution in [3.8, 4) is 0 Å². The van der Waals surface area contributed by atoms with Crippen LogP contribution in [0.4, 0.5) is 5.13 Å². The molecule has 0 fully saturated rings. The second kappa shape index (κ2) is 8.87. The summed E-state index contributed by atoms with van der Waals surface area (Å²) in [6.07, 6.45) is 0. The average molecular weight is 401 g/mol. The van der Waals surface area contributed by atoms with Gasteiger partial charge in [-0.1, -0.05) is 36.5 Å². The first-order chi connectivity index (χ1) is 13.0. The van der Waals surface area contributed by atoms with Gasteiger partial charge in [0.05, 0.1) is 43.0 Å². The Morgan fingerprint density at radius 3 is 2.74 bits per heavy atom. The predicted molar refractivity (Wildman–Crippen MR) is 117 cm³/mol. The van der Waals surface area contributed by atoms with Crippen LogP contribution >= 0.6 is 23.1 Å². The van der Waals surface area contributed by atoms with Crippen LogP contribution in [0, 0.1) is 6.92 Å². The number of fused-ring (bicyclic) bond motifs is 1. The number of hydrogen-bond acceptors (Lipinski definition) is 4. The second-order valence-electron chi connectivity index (χ2n) is 6.81. The van der Waals surface area contributed by atoms with Gasteiger partial charge in [0, 0.05) is 4.90 Å². The number of hydrogen-bond donors (Lipinski definition) is 1. The molecule has 27 heavy (non-hydrogen) atoms. The van der Waals surface area contributed by atoms with E-state index >= 15 is 0 Å². The Morgan fingerprint density at radius 2 is 2.00 bits per heavy atom. The van der Waals surface area contributed by atoms with Crippen molar-refractivity contribution in [2.75, 3.05) is 37.8 Å². The molecule has 3 rings (SSSR count). The Kier molecular flexibility index (Phi) is 6.52. The number of likely N-dealkylation sites (N-methyl/N-ethyl adjacent to an activating group) is 1. The number of nitrogens with one attached hydrogen (secondary N) is 1. The van der Waals surface area contributed by atoms with Crippen LogP contribution in [0.25, 0.3) is 10.2 Å². The van der Waals surface area contributed by atoms with Crippen LogP contribution in [0.1, 0.15) is 22.8 Å². The minimum Gasteiger partial charge on any atom is -0.338 e. The van der Waals surface area contributed by atoms with E-state index in [0.717, 1.165) is 38.1 Å². The number of quaternary nitrogens is 1. The number of thioether (sulfide) groups is 1. The van der Waals surface area contributed by atoms with E-state index in [-0.39, 0.29) is 5.91 Å². The Labute approximate surface area is 169 Å². The van der Waals surface area contributed by atoms with Gasteiger partial charge in [-0.05, 0) is 42.5 Å². The summed E-state index contributed by atoms with van der Waals surface area (Å²) in [4.78, 5) is 22.4. The molecule has 1 amide bonds. The van der Waals surface area contributed by atoms with E-state index in [2.05, 4.69) is 40.1 Å². The van der Waals surface area contributed by atoms with Crippen molar-refractivity contribution in [2.45, 2.75) is 18.7 Å². The summed E-state index contributed by atoms with van der Waals surface area (Å²) in [7, 11) is 4.20. The van der Waals surface area contributed by atoms with E-state index in [1.54, 1.807) is 23.1 Å². The van der Waals surface area contributed by atoms with Crippen molar-refractivity contribution in [1.29, 1.82) is 0 Å². The number of carbonyl (C=O) groups excluding carboxylic acids is 1. The van der Waals surface area contributed by atoms with Crippen molar-refractivity contribution >= 4 is 44.4 Å². The molecule has 0 bridgehead atoms. The van der Waals surface area contributed by atoms with Crippen LogP contribution in [0.2, 0.25) is 0 Å². The Bertz CT molecular complexity index is 936. The normalized spacial score (nSPS) is 11.3. The third-order valence-corrected chi connectivity index (χ3v) is 6.26. The Hall–Kier alpha value is -1.89. The lowest BCUT2D eigenvalue weighted by Crippen LogP contribution is -3.06. The van der Waals surface area contributed by atoms with Gasteiger partial charge in [0.2, 0.25) is 0 Å². The minimum atomic E-state index is 0.0311. The smallest absolute Gasteiger partial charge is 0.261 e. The molecule has 0 aliphatic heterocycles. The minimum absolute atomic E-state index is 0.0311. The number of benzene rings is 2. The van der Waals surface area contributed by atoms with Gasteiger partial charge < -0.3 is 4.90 Å². The zero-order valence-corrected chi connectivity index (χ0v) is 17.9. The van der Waals surface area contributed by atoms with Crippen molar-refractivity contribution in [3.63, 3.8) is 0 Å². The number of anilines is 1. The van der Waals surface area contributed by atoms with Crippen LogP contribution in [-0.4, -0.2) is 43.8 Å². The first-order valence-corrected chi connectivity index (χ1v) is 11.0. The largest absolute Gasteiger partial charge is 0.338 e. The lowest BCUT2D eigenvalue weighted by Gasteiger charge is -2.21. The number of thiazole rings is 1. The summed E-state index contributed by atoms with van der Waals surface area (Å²) in [6, 6.07) is 14.1. The molecule has 4 nitrogen and oxygen atoms in total. The third-order valence-electron chi connectivity index (χ3n) is 4.26. The highest BCUT2D eigenvalue weighted by atomic mass is 32.2. The van der Waals surface area contributed by atoms with Gasteiger partial charge in [-0.2, -0.15) is 0 Å². The summed E-state index contributed by atoms with van der Waals surface area (Å²) in [5.74, 6) is 0.968. The highest BCUT2D eigenvalue weighted by molar-refractivity contribution is 7.99. The number of amides is 1. The highest BCUT2D eigenvalue weighted by Gasteiger charge is 2.24. The number of nitrogens with zero attached hydrogens (tertiary/aromatic N) is 2. The molecule has 1 aromatic heterocycles. The van der Waals surface area contributed by atoms with Gasteiger partial charge >= 0.3 is 0 Å².